The summed E-state index contributed by atoms with van der Waals surface area (Å²) < 4.78 is 2.17. The number of carbonyl (C=O) groups is 1. The molecule has 1 aliphatic rings. The fraction of sp³-hybridized carbons (Fsp3) is 0.471. The van der Waals surface area contributed by atoms with E-state index in [1.807, 2.05) is 38.1 Å². The number of aromatic nitrogens is 3. The number of thioether (sulfide) groups is 1. The Labute approximate surface area is 140 Å². The Morgan fingerprint density at radius 3 is 3.00 bits per heavy atom. The van der Waals surface area contributed by atoms with Crippen LogP contribution in [-0.4, -0.2) is 25.9 Å². The third kappa shape index (κ3) is 3.93. The summed E-state index contributed by atoms with van der Waals surface area (Å²) in [6.45, 7) is 4.88. The lowest BCUT2D eigenvalue weighted by atomic mass is 10.2. The molecule has 1 amide bonds. The maximum atomic E-state index is 12.4. The number of hydrogen-bond donors (Lipinski definition) is 1. The Morgan fingerprint density at radius 2 is 2.17 bits per heavy atom. The molecule has 1 aromatic heterocycles. The van der Waals surface area contributed by atoms with E-state index in [0.29, 0.717) is 0 Å². The van der Waals surface area contributed by atoms with Crippen molar-refractivity contribution in [3.05, 3.63) is 35.7 Å². The predicted octanol–water partition coefficient (Wildman–Crippen LogP) is 3.43. The number of carbonyl (C=O) groups excluding carboxylic acids is 1. The van der Waals surface area contributed by atoms with Gasteiger partial charge < -0.3 is 9.88 Å². The van der Waals surface area contributed by atoms with Crippen molar-refractivity contribution >= 4 is 23.4 Å². The lowest BCUT2D eigenvalue weighted by molar-refractivity contribution is -0.115. The van der Waals surface area contributed by atoms with E-state index < -0.39 is 0 Å². The number of rotatable bonds is 4. The molecule has 5 nitrogen and oxygen atoms in total. The molecule has 2 aromatic rings. The van der Waals surface area contributed by atoms with Crippen molar-refractivity contribution < 1.29 is 4.79 Å². The molecule has 1 N–H and O–H groups in total. The summed E-state index contributed by atoms with van der Waals surface area (Å²) in [5, 5.41) is 12.2. The van der Waals surface area contributed by atoms with Gasteiger partial charge in [-0.3, -0.25) is 4.79 Å². The Balaban J connectivity index is 1.66. The van der Waals surface area contributed by atoms with Gasteiger partial charge in [0.25, 0.3) is 0 Å². The van der Waals surface area contributed by atoms with Crippen LogP contribution >= 0.6 is 11.8 Å². The Kier molecular flexibility index (Phi) is 5.00. The van der Waals surface area contributed by atoms with Crippen LogP contribution in [0.15, 0.2) is 29.4 Å². The van der Waals surface area contributed by atoms with Crippen molar-refractivity contribution in [1.29, 1.82) is 0 Å². The molecular weight excluding hydrogens is 308 g/mol. The molecule has 0 unspecified atom stereocenters. The molecule has 1 aliphatic heterocycles. The average molecular weight is 330 g/mol. The second-order valence-corrected chi connectivity index (χ2v) is 7.29. The van der Waals surface area contributed by atoms with Crippen LogP contribution < -0.4 is 5.32 Å². The Bertz CT molecular complexity index is 698. The van der Waals surface area contributed by atoms with E-state index in [0.717, 1.165) is 41.6 Å². The number of amides is 1. The van der Waals surface area contributed by atoms with Gasteiger partial charge in [0.15, 0.2) is 5.16 Å². The van der Waals surface area contributed by atoms with Gasteiger partial charge in [-0.05, 0) is 44.4 Å². The smallest absolute Gasteiger partial charge is 0.237 e. The summed E-state index contributed by atoms with van der Waals surface area (Å²) in [4.78, 5) is 12.4. The third-order valence-electron chi connectivity index (χ3n) is 4.01. The maximum absolute atomic E-state index is 12.4. The van der Waals surface area contributed by atoms with Crippen LogP contribution in [0.4, 0.5) is 5.69 Å². The highest BCUT2D eigenvalue weighted by Gasteiger charge is 2.21. The Hall–Kier alpha value is -1.82. The van der Waals surface area contributed by atoms with Gasteiger partial charge in [0, 0.05) is 18.7 Å². The van der Waals surface area contributed by atoms with Crippen LogP contribution in [0.2, 0.25) is 0 Å². The fourth-order valence-corrected chi connectivity index (χ4v) is 3.62. The van der Waals surface area contributed by atoms with Crippen molar-refractivity contribution in [3.63, 3.8) is 0 Å². The lowest BCUT2D eigenvalue weighted by Gasteiger charge is -2.13. The van der Waals surface area contributed by atoms with Crippen LogP contribution in [0.5, 0.6) is 0 Å². The first-order valence-electron chi connectivity index (χ1n) is 8.10. The molecule has 0 aliphatic carbocycles. The number of anilines is 1. The first-order valence-corrected chi connectivity index (χ1v) is 8.98. The monoisotopic (exact) mass is 330 g/mol. The van der Waals surface area contributed by atoms with E-state index in [1.54, 1.807) is 0 Å². The minimum absolute atomic E-state index is 0.00780. The van der Waals surface area contributed by atoms with E-state index in [9.17, 15) is 4.79 Å². The van der Waals surface area contributed by atoms with Gasteiger partial charge in [0.1, 0.15) is 5.82 Å². The molecule has 0 radical (unpaired) electrons. The van der Waals surface area contributed by atoms with Crippen LogP contribution in [0.25, 0.3) is 0 Å². The van der Waals surface area contributed by atoms with Gasteiger partial charge in [0.05, 0.1) is 5.25 Å². The zero-order valence-electron chi connectivity index (χ0n) is 13.6. The number of hydrogen-bond acceptors (Lipinski definition) is 4. The van der Waals surface area contributed by atoms with Gasteiger partial charge >= 0.3 is 0 Å². The average Bonchev–Trinajstić information content (AvgIpc) is 2.75. The number of benzene rings is 1. The SMILES string of the molecule is Cc1cccc(NC(=O)[C@@H](C)Sc2nnc3n2CCCCC3)c1. The van der Waals surface area contributed by atoms with E-state index in [2.05, 4.69) is 20.1 Å². The fourth-order valence-electron chi connectivity index (χ4n) is 2.72. The number of fused-ring (bicyclic) bond motifs is 1. The summed E-state index contributed by atoms with van der Waals surface area (Å²) in [7, 11) is 0. The van der Waals surface area contributed by atoms with E-state index >= 15 is 0 Å². The normalized spacial score (nSPS) is 15.6. The van der Waals surface area contributed by atoms with Gasteiger partial charge in [-0.1, -0.05) is 30.3 Å². The molecule has 0 saturated heterocycles. The highest BCUT2D eigenvalue weighted by atomic mass is 32.2. The van der Waals surface area contributed by atoms with Crippen molar-refractivity contribution in [3.8, 4) is 0 Å². The van der Waals surface area contributed by atoms with Crippen LogP contribution in [-0.2, 0) is 17.8 Å². The second kappa shape index (κ2) is 7.17. The minimum Gasteiger partial charge on any atom is -0.325 e. The summed E-state index contributed by atoms with van der Waals surface area (Å²) in [6.07, 6.45) is 4.54. The van der Waals surface area contributed by atoms with Gasteiger partial charge in [0.2, 0.25) is 5.91 Å². The second-order valence-electron chi connectivity index (χ2n) is 5.98. The molecule has 0 spiro atoms. The largest absolute Gasteiger partial charge is 0.325 e. The van der Waals surface area contributed by atoms with E-state index in [-0.39, 0.29) is 11.2 Å². The van der Waals surface area contributed by atoms with Gasteiger partial charge in [-0.25, -0.2) is 0 Å². The summed E-state index contributed by atoms with van der Waals surface area (Å²) in [6, 6.07) is 7.84. The van der Waals surface area contributed by atoms with Gasteiger partial charge in [-0.15, -0.1) is 10.2 Å². The molecule has 6 heteroatoms. The van der Waals surface area contributed by atoms with Crippen molar-refractivity contribution in [2.24, 2.45) is 0 Å². The predicted molar refractivity (Wildman–Crippen MR) is 92.7 cm³/mol. The molecule has 0 bridgehead atoms. The molecule has 23 heavy (non-hydrogen) atoms. The van der Waals surface area contributed by atoms with Crippen LogP contribution in [0, 0.1) is 6.92 Å². The zero-order valence-corrected chi connectivity index (χ0v) is 14.4. The summed E-state index contributed by atoms with van der Waals surface area (Å²) in [5.41, 5.74) is 1.97. The molecule has 3 rings (SSSR count). The lowest BCUT2D eigenvalue weighted by Crippen LogP contribution is -2.23. The topological polar surface area (TPSA) is 59.8 Å². The molecule has 1 atom stereocenters. The molecule has 122 valence electrons. The summed E-state index contributed by atoms with van der Waals surface area (Å²) >= 11 is 1.48. The highest BCUT2D eigenvalue weighted by Crippen LogP contribution is 2.26. The zero-order chi connectivity index (χ0) is 16.2. The number of nitrogens with zero attached hydrogens (tertiary/aromatic N) is 3. The standard InChI is InChI=1S/C17H22N4OS/c1-12-7-6-8-14(11-12)18-16(22)13(2)23-17-20-19-15-9-4-3-5-10-21(15)17/h6-8,11,13H,3-5,9-10H2,1-2H3,(H,18,22)/t13-/m1/s1. The molecule has 0 fully saturated rings. The number of aryl methyl sites for hydroxylation is 2. The highest BCUT2D eigenvalue weighted by molar-refractivity contribution is 8.00. The first-order chi connectivity index (χ1) is 11.1. The number of nitrogens with one attached hydrogen (secondary N) is 1. The molecular formula is C17H22N4OS. The molecule has 0 saturated carbocycles. The minimum atomic E-state index is -0.216. The van der Waals surface area contributed by atoms with Crippen molar-refractivity contribution in [2.75, 3.05) is 5.32 Å². The molecule has 1 aromatic carbocycles. The van der Waals surface area contributed by atoms with Crippen molar-refractivity contribution in [2.45, 2.75) is 56.5 Å². The van der Waals surface area contributed by atoms with Gasteiger partial charge in [-0.2, -0.15) is 0 Å². The van der Waals surface area contributed by atoms with Crippen LogP contribution in [0.1, 0.15) is 37.6 Å². The van der Waals surface area contributed by atoms with E-state index in [1.165, 1.54) is 24.6 Å². The van der Waals surface area contributed by atoms with E-state index in [4.69, 9.17) is 0 Å². The molecule has 2 heterocycles. The summed E-state index contributed by atoms with van der Waals surface area (Å²) in [5.74, 6) is 1.04. The maximum Gasteiger partial charge on any atom is 0.237 e. The third-order valence-corrected chi connectivity index (χ3v) is 5.09. The quantitative estimate of drug-likeness (QED) is 0.873. The van der Waals surface area contributed by atoms with Crippen molar-refractivity contribution in [1.82, 2.24) is 14.8 Å². The Morgan fingerprint density at radius 1 is 1.30 bits per heavy atom. The first kappa shape index (κ1) is 16.1. The van der Waals surface area contributed by atoms with Crippen LogP contribution in [0.3, 0.4) is 0 Å².